The van der Waals surface area contributed by atoms with Crippen molar-refractivity contribution in [3.05, 3.63) is 29.8 Å². The van der Waals surface area contributed by atoms with Gasteiger partial charge in [-0.1, -0.05) is 51.8 Å². The van der Waals surface area contributed by atoms with E-state index in [0.717, 1.165) is 12.1 Å². The second-order valence-electron chi connectivity index (χ2n) is 7.42. The van der Waals surface area contributed by atoms with E-state index in [2.05, 4.69) is 57.3 Å². The summed E-state index contributed by atoms with van der Waals surface area (Å²) in [5, 5.41) is 13.9. The average molecular weight is 275 g/mol. The minimum absolute atomic E-state index is 0.178. The molecular formula is C18H29NO. The van der Waals surface area contributed by atoms with E-state index in [4.69, 9.17) is 0 Å². The van der Waals surface area contributed by atoms with Crippen molar-refractivity contribution in [2.45, 2.75) is 58.9 Å². The zero-order valence-corrected chi connectivity index (χ0v) is 13.4. The fourth-order valence-corrected chi connectivity index (χ4v) is 3.86. The highest BCUT2D eigenvalue weighted by Crippen LogP contribution is 2.46. The Morgan fingerprint density at radius 2 is 1.95 bits per heavy atom. The normalized spacial score (nSPS) is 27.4. The first kappa shape index (κ1) is 15.4. The van der Waals surface area contributed by atoms with Gasteiger partial charge < -0.3 is 10.4 Å². The molecule has 1 aliphatic rings. The fourth-order valence-electron chi connectivity index (χ4n) is 3.86. The molecule has 20 heavy (non-hydrogen) atoms. The third-order valence-electron chi connectivity index (χ3n) is 4.89. The predicted molar refractivity (Wildman–Crippen MR) is 86.0 cm³/mol. The monoisotopic (exact) mass is 275 g/mol. The van der Waals surface area contributed by atoms with E-state index in [0.29, 0.717) is 5.92 Å². The fraction of sp³-hybridized carbons (Fsp3) is 0.667. The molecule has 1 aromatic rings. The van der Waals surface area contributed by atoms with Crippen LogP contribution in [0.4, 0.5) is 5.69 Å². The summed E-state index contributed by atoms with van der Waals surface area (Å²) in [6.07, 6.45) is 4.73. The molecule has 1 saturated carbocycles. The number of hydrogen-bond donors (Lipinski definition) is 2. The molecule has 112 valence electrons. The zero-order chi connectivity index (χ0) is 14.8. The average Bonchev–Trinajstić information content (AvgIpc) is 2.41. The molecule has 1 aromatic carbocycles. The second-order valence-corrected chi connectivity index (χ2v) is 7.42. The van der Waals surface area contributed by atoms with Gasteiger partial charge in [0.15, 0.2) is 0 Å². The Kier molecular flexibility index (Phi) is 4.43. The molecule has 0 radical (unpaired) electrons. The van der Waals surface area contributed by atoms with Crippen molar-refractivity contribution in [2.24, 2.45) is 11.3 Å². The molecule has 2 nitrogen and oxygen atoms in total. The summed E-state index contributed by atoms with van der Waals surface area (Å²) in [5.74, 6) is 0.494. The Bertz CT molecular complexity index is 449. The quantitative estimate of drug-likeness (QED) is 0.858. The number of benzene rings is 1. The molecule has 0 aromatic heterocycles. The minimum atomic E-state index is -0.178. The van der Waals surface area contributed by atoms with Gasteiger partial charge in [-0.15, -0.1) is 0 Å². The summed E-state index contributed by atoms with van der Waals surface area (Å²) < 4.78 is 0. The van der Waals surface area contributed by atoms with Gasteiger partial charge in [0, 0.05) is 5.69 Å². The Morgan fingerprint density at radius 1 is 1.25 bits per heavy atom. The summed E-state index contributed by atoms with van der Waals surface area (Å²) in [6, 6.07) is 8.38. The van der Waals surface area contributed by atoms with Gasteiger partial charge in [0.05, 0.1) is 12.1 Å². The van der Waals surface area contributed by atoms with Crippen LogP contribution in [0.3, 0.4) is 0 Å². The van der Waals surface area contributed by atoms with Crippen LogP contribution in [0.5, 0.6) is 0 Å². The van der Waals surface area contributed by atoms with Gasteiger partial charge in [-0.2, -0.15) is 0 Å². The lowest BCUT2D eigenvalue weighted by molar-refractivity contribution is 0.0483. The van der Waals surface area contributed by atoms with Gasteiger partial charge in [0.2, 0.25) is 0 Å². The SMILES string of the molecule is Cc1ccccc1NC1(CO)CCCCC1C(C)(C)C. The maximum absolute atomic E-state index is 10.2. The molecule has 0 heterocycles. The molecule has 0 saturated heterocycles. The summed E-state index contributed by atoms with van der Waals surface area (Å²) in [5.41, 5.74) is 2.44. The molecule has 0 spiro atoms. The Labute approximate surface area is 123 Å². The van der Waals surface area contributed by atoms with Crippen LogP contribution in [0.1, 0.15) is 52.0 Å². The van der Waals surface area contributed by atoms with Gasteiger partial charge in [0.1, 0.15) is 0 Å². The van der Waals surface area contributed by atoms with Crippen LogP contribution in [-0.2, 0) is 0 Å². The van der Waals surface area contributed by atoms with Crippen molar-refractivity contribution in [1.82, 2.24) is 0 Å². The number of rotatable bonds is 3. The van der Waals surface area contributed by atoms with Crippen molar-refractivity contribution >= 4 is 5.69 Å². The van der Waals surface area contributed by atoms with E-state index < -0.39 is 0 Å². The van der Waals surface area contributed by atoms with Crippen LogP contribution < -0.4 is 5.32 Å². The number of aliphatic hydroxyl groups is 1. The van der Waals surface area contributed by atoms with Crippen molar-refractivity contribution in [3.8, 4) is 0 Å². The lowest BCUT2D eigenvalue weighted by Gasteiger charge is -2.50. The first-order valence-electron chi connectivity index (χ1n) is 7.84. The van der Waals surface area contributed by atoms with Crippen LogP contribution in [-0.4, -0.2) is 17.3 Å². The van der Waals surface area contributed by atoms with E-state index in [1.165, 1.54) is 24.8 Å². The standard InChI is InChI=1S/C18H29NO/c1-14-9-5-6-10-15(14)19-18(13-20)12-8-7-11-16(18)17(2,3)4/h5-6,9-10,16,19-20H,7-8,11-13H2,1-4H3. The van der Waals surface area contributed by atoms with Crippen molar-refractivity contribution in [3.63, 3.8) is 0 Å². The van der Waals surface area contributed by atoms with Crippen molar-refractivity contribution < 1.29 is 5.11 Å². The van der Waals surface area contributed by atoms with Gasteiger partial charge >= 0.3 is 0 Å². The molecule has 2 heteroatoms. The zero-order valence-electron chi connectivity index (χ0n) is 13.4. The number of hydrogen-bond acceptors (Lipinski definition) is 2. The van der Waals surface area contributed by atoms with Gasteiger partial charge in [-0.25, -0.2) is 0 Å². The maximum Gasteiger partial charge on any atom is 0.0664 e. The molecule has 2 rings (SSSR count). The largest absolute Gasteiger partial charge is 0.394 e. The van der Waals surface area contributed by atoms with Gasteiger partial charge in [-0.3, -0.25) is 0 Å². The van der Waals surface area contributed by atoms with E-state index in [1.54, 1.807) is 0 Å². The number of aryl methyl sites for hydroxylation is 1. The van der Waals surface area contributed by atoms with Crippen LogP contribution in [0, 0.1) is 18.3 Å². The first-order valence-corrected chi connectivity index (χ1v) is 7.84. The lowest BCUT2D eigenvalue weighted by Crippen LogP contribution is -2.55. The maximum atomic E-state index is 10.2. The van der Waals surface area contributed by atoms with E-state index in [9.17, 15) is 5.11 Å². The van der Waals surface area contributed by atoms with Crippen molar-refractivity contribution in [1.29, 1.82) is 0 Å². The summed E-state index contributed by atoms with van der Waals surface area (Å²) >= 11 is 0. The third-order valence-corrected chi connectivity index (χ3v) is 4.89. The first-order chi connectivity index (χ1) is 9.39. The van der Waals surface area contributed by atoms with E-state index in [1.807, 2.05) is 0 Å². The Hall–Kier alpha value is -1.02. The topological polar surface area (TPSA) is 32.3 Å². The predicted octanol–water partition coefficient (Wildman–Crippen LogP) is 4.37. The summed E-state index contributed by atoms with van der Waals surface area (Å²) in [7, 11) is 0. The van der Waals surface area contributed by atoms with Gasteiger partial charge in [-0.05, 0) is 42.7 Å². The molecule has 1 aliphatic carbocycles. The number of aliphatic hydroxyl groups excluding tert-OH is 1. The number of para-hydroxylation sites is 1. The highest BCUT2D eigenvalue weighted by atomic mass is 16.3. The molecular weight excluding hydrogens is 246 g/mol. The second kappa shape index (κ2) is 5.77. The molecule has 0 bridgehead atoms. The molecule has 2 atom stereocenters. The summed E-state index contributed by atoms with van der Waals surface area (Å²) in [4.78, 5) is 0. The molecule has 2 N–H and O–H groups in total. The van der Waals surface area contributed by atoms with E-state index in [-0.39, 0.29) is 17.6 Å². The highest BCUT2D eigenvalue weighted by Gasteiger charge is 2.45. The van der Waals surface area contributed by atoms with Crippen LogP contribution in [0.2, 0.25) is 0 Å². The van der Waals surface area contributed by atoms with Crippen LogP contribution >= 0.6 is 0 Å². The van der Waals surface area contributed by atoms with E-state index >= 15 is 0 Å². The number of nitrogens with one attached hydrogen (secondary N) is 1. The minimum Gasteiger partial charge on any atom is -0.394 e. The molecule has 0 amide bonds. The molecule has 1 fully saturated rings. The third kappa shape index (κ3) is 3.01. The van der Waals surface area contributed by atoms with Crippen LogP contribution in [0.25, 0.3) is 0 Å². The smallest absolute Gasteiger partial charge is 0.0664 e. The summed E-state index contributed by atoms with van der Waals surface area (Å²) in [6.45, 7) is 9.23. The lowest BCUT2D eigenvalue weighted by atomic mass is 9.62. The Balaban J connectivity index is 2.33. The van der Waals surface area contributed by atoms with Gasteiger partial charge in [0.25, 0.3) is 0 Å². The number of anilines is 1. The van der Waals surface area contributed by atoms with Crippen LogP contribution in [0.15, 0.2) is 24.3 Å². The van der Waals surface area contributed by atoms with Crippen molar-refractivity contribution in [2.75, 3.05) is 11.9 Å². The molecule has 0 aliphatic heterocycles. The molecule has 2 unspecified atom stereocenters. The Morgan fingerprint density at radius 3 is 2.55 bits per heavy atom. The highest BCUT2D eigenvalue weighted by molar-refractivity contribution is 5.52.